The molecule has 2 N–H and O–H groups in total. The largest absolute Gasteiger partial charge is 0.366 e. The minimum absolute atomic E-state index is 0.280. The second-order valence-corrected chi connectivity index (χ2v) is 5.07. The summed E-state index contributed by atoms with van der Waals surface area (Å²) < 4.78 is -1.93. The van der Waals surface area contributed by atoms with Crippen LogP contribution in [0.25, 0.3) is 0 Å². The molecule has 0 aromatic heterocycles. The lowest BCUT2D eigenvalue weighted by Crippen LogP contribution is -2.30. The fourth-order valence-corrected chi connectivity index (χ4v) is 1.04. The van der Waals surface area contributed by atoms with E-state index >= 15 is 0 Å². The molecule has 0 rings (SSSR count). The Morgan fingerprint density at radius 1 is 1.43 bits per heavy atom. The van der Waals surface area contributed by atoms with Gasteiger partial charge in [0.25, 0.3) is 3.79 Å². The van der Waals surface area contributed by atoms with Crippen LogP contribution >= 0.6 is 47.0 Å². The molecule has 3 nitrogen and oxygen atoms in total. The minimum Gasteiger partial charge on any atom is -0.366 e. The number of thiocarbonyl (C=S) groups is 1. The zero-order valence-electron chi connectivity index (χ0n) is 7.53. The van der Waals surface area contributed by atoms with Gasteiger partial charge in [0, 0.05) is 18.8 Å². The van der Waals surface area contributed by atoms with E-state index in [4.69, 9.17) is 47.0 Å². The number of hydrogen-bond donors (Lipinski definition) is 2. The highest BCUT2D eigenvalue weighted by atomic mass is 35.6. The summed E-state index contributed by atoms with van der Waals surface area (Å²) in [6, 6.07) is 0. The molecule has 0 aromatic carbocycles. The number of carbonyl (C=O) groups excluding carboxylic acids is 1. The van der Waals surface area contributed by atoms with Gasteiger partial charge >= 0.3 is 0 Å². The van der Waals surface area contributed by atoms with Gasteiger partial charge in [-0.3, -0.25) is 4.79 Å². The molecule has 0 heterocycles. The molecular weight excluding hydrogens is 267 g/mol. The number of Topliss-reactive ketones (excluding diaryl/α,β-unsaturated/α-hetero) is 1. The third kappa shape index (κ3) is 5.00. The van der Waals surface area contributed by atoms with Crippen LogP contribution in [0.4, 0.5) is 0 Å². The van der Waals surface area contributed by atoms with E-state index in [0.717, 1.165) is 0 Å². The van der Waals surface area contributed by atoms with E-state index in [1.54, 1.807) is 7.05 Å². The van der Waals surface area contributed by atoms with Crippen molar-refractivity contribution >= 4 is 57.9 Å². The van der Waals surface area contributed by atoms with E-state index in [2.05, 4.69) is 10.6 Å². The number of hydrogen-bond acceptors (Lipinski definition) is 2. The molecule has 80 valence electrons. The van der Waals surface area contributed by atoms with Gasteiger partial charge in [0.2, 0.25) is 5.78 Å². The van der Waals surface area contributed by atoms with Crippen molar-refractivity contribution < 1.29 is 4.79 Å². The molecule has 0 spiro atoms. The average molecular weight is 276 g/mol. The first-order valence-corrected chi connectivity index (χ1v) is 5.09. The Morgan fingerprint density at radius 3 is 2.29 bits per heavy atom. The van der Waals surface area contributed by atoms with Crippen molar-refractivity contribution in [3.05, 3.63) is 11.8 Å². The van der Waals surface area contributed by atoms with Crippen molar-refractivity contribution in [1.82, 2.24) is 10.6 Å². The van der Waals surface area contributed by atoms with Gasteiger partial charge < -0.3 is 10.6 Å². The highest BCUT2D eigenvalue weighted by Crippen LogP contribution is 2.29. The Labute approximate surface area is 103 Å². The topological polar surface area (TPSA) is 41.1 Å². The van der Waals surface area contributed by atoms with Crippen LogP contribution in [-0.4, -0.2) is 21.7 Å². The van der Waals surface area contributed by atoms with Gasteiger partial charge in [-0.1, -0.05) is 34.8 Å². The zero-order valence-corrected chi connectivity index (χ0v) is 10.6. The Morgan fingerprint density at radius 2 is 1.93 bits per heavy atom. The van der Waals surface area contributed by atoms with Gasteiger partial charge in [-0.05, 0) is 19.1 Å². The number of carbonyl (C=O) groups is 1. The first-order valence-electron chi connectivity index (χ1n) is 3.55. The summed E-state index contributed by atoms with van der Waals surface area (Å²) >= 11 is 21.0. The number of halogens is 3. The SMILES string of the molecule is CNC(=S)N/C=C(\C)C(=O)C(Cl)(Cl)Cl. The van der Waals surface area contributed by atoms with Crippen LogP contribution < -0.4 is 10.6 Å². The molecule has 0 saturated heterocycles. The third-order valence-corrected chi connectivity index (χ3v) is 2.10. The zero-order chi connectivity index (χ0) is 11.4. The third-order valence-electron chi connectivity index (χ3n) is 1.26. The van der Waals surface area contributed by atoms with Gasteiger partial charge in [-0.25, -0.2) is 0 Å². The van der Waals surface area contributed by atoms with Crippen LogP contribution in [0.1, 0.15) is 6.92 Å². The standard InChI is InChI=1S/C7H9Cl3N2OS/c1-4(3-12-6(14)11-2)5(13)7(8,9)10/h3H,1-2H3,(H2,11,12,14)/b4-3+. The monoisotopic (exact) mass is 274 g/mol. The van der Waals surface area contributed by atoms with Crippen molar-refractivity contribution in [2.45, 2.75) is 10.7 Å². The molecular formula is C7H9Cl3N2OS. The summed E-state index contributed by atoms with van der Waals surface area (Å²) in [4.78, 5) is 11.3. The molecule has 0 aliphatic carbocycles. The van der Waals surface area contributed by atoms with Crippen LogP contribution in [0.5, 0.6) is 0 Å². The highest BCUT2D eigenvalue weighted by Gasteiger charge is 2.31. The second-order valence-electron chi connectivity index (χ2n) is 2.38. The summed E-state index contributed by atoms with van der Waals surface area (Å²) in [7, 11) is 1.65. The van der Waals surface area contributed by atoms with Gasteiger partial charge in [-0.15, -0.1) is 0 Å². The second kappa shape index (κ2) is 5.75. The summed E-state index contributed by atoms with van der Waals surface area (Å²) in [6.45, 7) is 1.52. The Hall–Kier alpha value is -0.0300. The molecule has 0 aliphatic rings. The van der Waals surface area contributed by atoms with Crippen molar-refractivity contribution in [2.75, 3.05) is 7.05 Å². The lowest BCUT2D eigenvalue weighted by atomic mass is 10.2. The van der Waals surface area contributed by atoms with E-state index in [1.165, 1.54) is 13.1 Å². The van der Waals surface area contributed by atoms with Crippen molar-refractivity contribution in [3.8, 4) is 0 Å². The van der Waals surface area contributed by atoms with Crippen LogP contribution in [0.2, 0.25) is 0 Å². The summed E-state index contributed by atoms with van der Waals surface area (Å²) in [5, 5.41) is 5.69. The Kier molecular flexibility index (Phi) is 5.74. The van der Waals surface area contributed by atoms with Crippen molar-refractivity contribution in [2.24, 2.45) is 0 Å². The number of rotatable bonds is 2. The number of ketones is 1. The predicted octanol–water partition coefficient (Wildman–Crippen LogP) is 1.92. The molecule has 0 radical (unpaired) electrons. The number of alkyl halides is 3. The summed E-state index contributed by atoms with van der Waals surface area (Å²) in [5.41, 5.74) is 0.280. The number of allylic oxidation sites excluding steroid dienone is 1. The van der Waals surface area contributed by atoms with Gasteiger partial charge in [-0.2, -0.15) is 0 Å². The van der Waals surface area contributed by atoms with Crippen LogP contribution in [0.3, 0.4) is 0 Å². The maximum absolute atomic E-state index is 11.3. The fourth-order valence-electron chi connectivity index (χ4n) is 0.535. The first kappa shape index (κ1) is 14.0. The maximum atomic E-state index is 11.3. The van der Waals surface area contributed by atoms with Crippen LogP contribution in [0, 0.1) is 0 Å². The van der Waals surface area contributed by atoms with E-state index in [1.807, 2.05) is 0 Å². The summed E-state index contributed by atoms with van der Waals surface area (Å²) in [5.74, 6) is -0.589. The number of nitrogens with one attached hydrogen (secondary N) is 2. The molecule has 0 amide bonds. The van der Waals surface area contributed by atoms with Gasteiger partial charge in [0.1, 0.15) is 0 Å². The van der Waals surface area contributed by atoms with Crippen LogP contribution in [-0.2, 0) is 4.79 Å². The highest BCUT2D eigenvalue weighted by molar-refractivity contribution is 7.80. The van der Waals surface area contributed by atoms with E-state index in [0.29, 0.717) is 5.11 Å². The average Bonchev–Trinajstić information content (AvgIpc) is 2.10. The molecule has 7 heteroatoms. The molecule has 0 unspecified atom stereocenters. The maximum Gasteiger partial charge on any atom is 0.253 e. The minimum atomic E-state index is -1.93. The smallest absolute Gasteiger partial charge is 0.253 e. The molecule has 0 bridgehead atoms. The van der Waals surface area contributed by atoms with E-state index < -0.39 is 9.58 Å². The Balaban J connectivity index is 4.40. The molecule has 0 saturated carbocycles. The van der Waals surface area contributed by atoms with E-state index in [9.17, 15) is 4.79 Å². The van der Waals surface area contributed by atoms with Crippen LogP contribution in [0.15, 0.2) is 11.8 Å². The molecule has 0 fully saturated rings. The fraction of sp³-hybridized carbons (Fsp3) is 0.429. The Bertz CT molecular complexity index is 273. The van der Waals surface area contributed by atoms with E-state index in [-0.39, 0.29) is 5.57 Å². The lowest BCUT2D eigenvalue weighted by Gasteiger charge is -2.09. The quantitative estimate of drug-likeness (QED) is 0.459. The molecule has 0 aliphatic heterocycles. The predicted molar refractivity (Wildman–Crippen MR) is 63.8 cm³/mol. The van der Waals surface area contributed by atoms with Crippen molar-refractivity contribution in [1.29, 1.82) is 0 Å². The van der Waals surface area contributed by atoms with Gasteiger partial charge in [0.15, 0.2) is 5.11 Å². The lowest BCUT2D eigenvalue weighted by molar-refractivity contribution is -0.114. The molecule has 0 atom stereocenters. The summed E-state index contributed by atoms with van der Waals surface area (Å²) in [6.07, 6.45) is 1.38. The van der Waals surface area contributed by atoms with Crippen molar-refractivity contribution in [3.63, 3.8) is 0 Å². The molecule has 0 aromatic rings. The normalized spacial score (nSPS) is 12.2. The van der Waals surface area contributed by atoms with Gasteiger partial charge in [0.05, 0.1) is 0 Å². The molecule has 14 heavy (non-hydrogen) atoms. The first-order chi connectivity index (χ1) is 6.29.